The van der Waals surface area contributed by atoms with E-state index in [0.717, 1.165) is 11.3 Å². The van der Waals surface area contributed by atoms with Gasteiger partial charge in [0.15, 0.2) is 0 Å². The Labute approximate surface area is 146 Å². The number of rotatable bonds is 3. The number of ether oxygens (including phenoxy) is 1. The van der Waals surface area contributed by atoms with Crippen LogP contribution in [0.3, 0.4) is 0 Å². The van der Waals surface area contributed by atoms with Gasteiger partial charge in [-0.05, 0) is 42.3 Å². The van der Waals surface area contributed by atoms with Gasteiger partial charge in [-0.25, -0.2) is 8.42 Å². The van der Waals surface area contributed by atoms with Crippen molar-refractivity contribution in [2.45, 2.75) is 16.7 Å². The van der Waals surface area contributed by atoms with Gasteiger partial charge in [0, 0.05) is 18.8 Å². The third-order valence-electron chi connectivity index (χ3n) is 5.04. The highest BCUT2D eigenvalue weighted by Crippen LogP contribution is 2.46. The van der Waals surface area contributed by atoms with Gasteiger partial charge in [0.1, 0.15) is 5.75 Å². The smallest absolute Gasteiger partial charge is 0.243 e. The van der Waals surface area contributed by atoms with Crippen molar-refractivity contribution in [1.29, 1.82) is 0 Å². The summed E-state index contributed by atoms with van der Waals surface area (Å²) in [6.45, 7) is 0.442. The normalized spacial score (nSPS) is 22.8. The molecule has 7 heteroatoms. The maximum Gasteiger partial charge on any atom is 0.243 e. The number of methoxy groups -OCH3 is 1. The second-order valence-corrected chi connectivity index (χ2v) is 8.29. The molecule has 4 rings (SSSR count). The van der Waals surface area contributed by atoms with E-state index in [9.17, 15) is 13.2 Å². The van der Waals surface area contributed by atoms with Gasteiger partial charge in [-0.3, -0.25) is 4.79 Å². The van der Waals surface area contributed by atoms with Crippen LogP contribution in [0.1, 0.15) is 12.0 Å². The second-order valence-electron chi connectivity index (χ2n) is 6.35. The molecule has 0 aliphatic carbocycles. The molecule has 2 aliphatic heterocycles. The van der Waals surface area contributed by atoms with Crippen molar-refractivity contribution in [3.63, 3.8) is 0 Å². The highest BCUT2D eigenvalue weighted by atomic mass is 32.2. The number of fused-ring (bicyclic) bond motifs is 2. The van der Waals surface area contributed by atoms with Crippen molar-refractivity contribution >= 4 is 21.6 Å². The van der Waals surface area contributed by atoms with Gasteiger partial charge in [-0.1, -0.05) is 18.2 Å². The Morgan fingerprint density at radius 3 is 2.64 bits per heavy atom. The molecule has 1 saturated heterocycles. The first-order chi connectivity index (χ1) is 12.0. The summed E-state index contributed by atoms with van der Waals surface area (Å²) in [7, 11) is -2.05. The Bertz CT molecular complexity index is 943. The van der Waals surface area contributed by atoms with E-state index in [1.165, 1.54) is 4.31 Å². The van der Waals surface area contributed by atoms with E-state index in [4.69, 9.17) is 4.74 Å². The third-order valence-corrected chi connectivity index (χ3v) is 6.90. The lowest BCUT2D eigenvalue weighted by atomic mass is 9.81. The number of nitrogens with one attached hydrogen (secondary N) is 1. The Kier molecular flexibility index (Phi) is 3.59. The monoisotopic (exact) mass is 358 g/mol. The molecule has 2 aromatic carbocycles. The fourth-order valence-corrected chi connectivity index (χ4v) is 5.17. The van der Waals surface area contributed by atoms with Crippen molar-refractivity contribution in [3.8, 4) is 5.75 Å². The summed E-state index contributed by atoms with van der Waals surface area (Å²) in [6.07, 6.45) is 0.449. The number of carbonyl (C=O) groups excluding carboxylic acids is 1. The van der Waals surface area contributed by atoms with Crippen LogP contribution >= 0.6 is 0 Å². The van der Waals surface area contributed by atoms with E-state index in [1.807, 2.05) is 6.07 Å². The van der Waals surface area contributed by atoms with Gasteiger partial charge in [-0.15, -0.1) is 0 Å². The van der Waals surface area contributed by atoms with Gasteiger partial charge in [0.25, 0.3) is 0 Å². The predicted molar refractivity (Wildman–Crippen MR) is 93.1 cm³/mol. The van der Waals surface area contributed by atoms with E-state index in [0.29, 0.717) is 18.7 Å². The van der Waals surface area contributed by atoms with Crippen LogP contribution in [0.25, 0.3) is 0 Å². The zero-order valence-electron chi connectivity index (χ0n) is 13.7. The molecule has 0 unspecified atom stereocenters. The molecule has 0 saturated carbocycles. The van der Waals surface area contributed by atoms with Crippen LogP contribution in [0.4, 0.5) is 5.69 Å². The summed E-state index contributed by atoms with van der Waals surface area (Å²) in [5.41, 5.74) is 0.679. The zero-order chi connectivity index (χ0) is 17.7. The molecule has 1 N–H and O–H groups in total. The summed E-state index contributed by atoms with van der Waals surface area (Å²) in [4.78, 5) is 12.9. The quantitative estimate of drug-likeness (QED) is 0.910. The Morgan fingerprint density at radius 1 is 1.16 bits per heavy atom. The standard InChI is InChI=1S/C18H18N2O4S/c1-24-13-7-8-16-15(11-13)18(17(21)19-16)9-10-20(12-18)25(22,23)14-5-3-2-4-6-14/h2-8,11H,9-10,12H2,1H3,(H,19,21)/t18-/m1/s1. The Morgan fingerprint density at radius 2 is 1.92 bits per heavy atom. The minimum atomic E-state index is -3.62. The lowest BCUT2D eigenvalue weighted by Crippen LogP contribution is -2.39. The van der Waals surface area contributed by atoms with Crippen molar-refractivity contribution in [1.82, 2.24) is 4.31 Å². The summed E-state index contributed by atoms with van der Waals surface area (Å²) in [5.74, 6) is 0.500. The molecule has 2 aromatic rings. The number of sulfonamides is 1. The minimum Gasteiger partial charge on any atom is -0.497 e. The van der Waals surface area contributed by atoms with Crippen LogP contribution in [0.2, 0.25) is 0 Å². The zero-order valence-corrected chi connectivity index (χ0v) is 14.5. The van der Waals surface area contributed by atoms with Crippen molar-refractivity contribution < 1.29 is 17.9 Å². The minimum absolute atomic E-state index is 0.135. The van der Waals surface area contributed by atoms with E-state index in [1.54, 1.807) is 49.6 Å². The first-order valence-corrected chi connectivity index (χ1v) is 9.46. The number of amides is 1. The average Bonchev–Trinajstić information content (AvgIpc) is 3.20. The van der Waals surface area contributed by atoms with E-state index >= 15 is 0 Å². The second kappa shape index (κ2) is 5.57. The van der Waals surface area contributed by atoms with E-state index in [-0.39, 0.29) is 17.3 Å². The summed E-state index contributed by atoms with van der Waals surface area (Å²) in [5, 5.41) is 2.88. The molecular formula is C18H18N2O4S. The molecule has 130 valence electrons. The highest BCUT2D eigenvalue weighted by Gasteiger charge is 2.53. The van der Waals surface area contributed by atoms with Crippen molar-refractivity contribution in [2.75, 3.05) is 25.5 Å². The van der Waals surface area contributed by atoms with E-state index in [2.05, 4.69) is 5.32 Å². The van der Waals surface area contributed by atoms with Gasteiger partial charge in [0.05, 0.1) is 17.4 Å². The SMILES string of the molecule is COc1ccc2c(c1)[C@]1(CCN(S(=O)(=O)c3ccccc3)C1)C(=O)N2. The number of carbonyl (C=O) groups is 1. The first kappa shape index (κ1) is 16.1. The number of hydrogen-bond acceptors (Lipinski definition) is 4. The molecule has 25 heavy (non-hydrogen) atoms. The van der Waals surface area contributed by atoms with Crippen molar-refractivity contribution in [2.24, 2.45) is 0 Å². The third kappa shape index (κ3) is 2.34. The maximum atomic E-state index is 12.9. The number of hydrogen-bond donors (Lipinski definition) is 1. The van der Waals surface area contributed by atoms with Crippen LogP contribution in [-0.2, 0) is 20.2 Å². The highest BCUT2D eigenvalue weighted by molar-refractivity contribution is 7.89. The molecule has 0 aromatic heterocycles. The first-order valence-electron chi connectivity index (χ1n) is 8.02. The fourth-order valence-electron chi connectivity index (χ4n) is 3.65. The molecule has 2 aliphatic rings. The Balaban J connectivity index is 1.72. The fraction of sp³-hybridized carbons (Fsp3) is 0.278. The van der Waals surface area contributed by atoms with Gasteiger partial charge in [0.2, 0.25) is 15.9 Å². The number of nitrogens with zero attached hydrogens (tertiary/aromatic N) is 1. The molecule has 1 amide bonds. The molecule has 6 nitrogen and oxygen atoms in total. The van der Waals surface area contributed by atoms with Crippen LogP contribution < -0.4 is 10.1 Å². The molecule has 0 bridgehead atoms. The number of anilines is 1. The molecule has 1 fully saturated rings. The molecule has 1 spiro atoms. The van der Waals surface area contributed by atoms with Crippen LogP contribution in [0.5, 0.6) is 5.75 Å². The lowest BCUT2D eigenvalue weighted by Gasteiger charge is -2.22. The average molecular weight is 358 g/mol. The van der Waals surface area contributed by atoms with Crippen LogP contribution in [0, 0.1) is 0 Å². The van der Waals surface area contributed by atoms with E-state index < -0.39 is 15.4 Å². The van der Waals surface area contributed by atoms with Gasteiger partial charge >= 0.3 is 0 Å². The Hall–Kier alpha value is -2.38. The summed E-state index contributed by atoms with van der Waals surface area (Å²) >= 11 is 0. The topological polar surface area (TPSA) is 75.7 Å². The maximum absolute atomic E-state index is 12.9. The largest absolute Gasteiger partial charge is 0.497 e. The predicted octanol–water partition coefficient (Wildman–Crippen LogP) is 1.98. The number of benzene rings is 2. The van der Waals surface area contributed by atoms with Gasteiger partial charge < -0.3 is 10.1 Å². The summed E-state index contributed by atoms with van der Waals surface area (Å²) < 4.78 is 32.4. The van der Waals surface area contributed by atoms with Crippen LogP contribution in [0.15, 0.2) is 53.4 Å². The molecule has 0 radical (unpaired) electrons. The van der Waals surface area contributed by atoms with Crippen molar-refractivity contribution in [3.05, 3.63) is 54.1 Å². The van der Waals surface area contributed by atoms with Gasteiger partial charge in [-0.2, -0.15) is 4.31 Å². The summed E-state index contributed by atoms with van der Waals surface area (Å²) in [6, 6.07) is 13.7. The molecule has 2 heterocycles. The lowest BCUT2D eigenvalue weighted by molar-refractivity contribution is -0.120. The molecular weight excluding hydrogens is 340 g/mol. The molecule has 1 atom stereocenters. The van der Waals surface area contributed by atoms with Crippen LogP contribution in [-0.4, -0.2) is 38.8 Å².